The number of rotatable bonds is 4. The topological polar surface area (TPSA) is 87.8 Å². The van der Waals surface area contributed by atoms with Crippen molar-refractivity contribution < 1.29 is 26.3 Å². The highest BCUT2D eigenvalue weighted by Gasteiger charge is 2.66. The molecule has 2 heterocycles. The molecule has 0 unspecified atom stereocenters. The average Bonchev–Trinajstić information content (AvgIpc) is 3.66. The first-order valence-electron chi connectivity index (χ1n) is 9.60. The summed E-state index contributed by atoms with van der Waals surface area (Å²) >= 11 is 0. The highest BCUT2D eigenvalue weighted by Crippen LogP contribution is 2.43. The fourth-order valence-electron chi connectivity index (χ4n) is 3.73. The summed E-state index contributed by atoms with van der Waals surface area (Å²) in [6.45, 7) is 0. The van der Waals surface area contributed by atoms with E-state index in [-0.39, 0.29) is 11.1 Å². The van der Waals surface area contributed by atoms with Crippen LogP contribution in [0.1, 0.15) is 11.1 Å². The first-order chi connectivity index (χ1) is 15.1. The largest absolute Gasteiger partial charge is 0.426 e. The van der Waals surface area contributed by atoms with Crippen molar-refractivity contribution >= 4 is 0 Å². The van der Waals surface area contributed by atoms with Gasteiger partial charge in [-0.05, 0) is 39.4 Å². The van der Waals surface area contributed by atoms with E-state index in [0.717, 1.165) is 11.1 Å². The van der Waals surface area contributed by atoms with Crippen LogP contribution in [0.5, 0.6) is 0 Å². The van der Waals surface area contributed by atoms with Gasteiger partial charge in [-0.2, -0.15) is 26.3 Å². The molecule has 0 bridgehead atoms. The maximum Gasteiger partial charge on any atom is 0.426 e. The Morgan fingerprint density at radius 3 is 1.09 bits per heavy atom. The highest BCUT2D eigenvalue weighted by atomic mass is 19.4. The second kappa shape index (κ2) is 6.79. The molecule has 2 aliphatic heterocycles. The van der Waals surface area contributed by atoms with Crippen molar-refractivity contribution in [1.29, 1.82) is 0 Å². The monoisotopic (exact) mass is 450 g/mol. The summed E-state index contributed by atoms with van der Waals surface area (Å²) in [6.07, 6.45) is -8.95. The smallest absolute Gasteiger partial charge is 0.223 e. The molecule has 2 fully saturated rings. The van der Waals surface area contributed by atoms with Gasteiger partial charge in [0.25, 0.3) is 0 Å². The van der Waals surface area contributed by atoms with Gasteiger partial charge in [0.1, 0.15) is 0 Å². The third-order valence-electron chi connectivity index (χ3n) is 5.77. The Balaban J connectivity index is 1.40. The van der Waals surface area contributed by atoms with Crippen LogP contribution in [0.4, 0.5) is 26.3 Å². The Bertz CT molecular complexity index is 1060. The van der Waals surface area contributed by atoms with Crippen molar-refractivity contribution in [2.24, 2.45) is 0 Å². The van der Waals surface area contributed by atoms with Gasteiger partial charge in [0.15, 0.2) is 0 Å². The average molecular weight is 450 g/mol. The first kappa shape index (κ1) is 21.0. The number of alkyl halides is 6. The standard InChI is InChI=1S/C22H16F6N4/c23-21(24,25)19(29-30-19)17-8-4-13(5-9-17)15-2-1-3-16(12-15)14-6-10-18(11-7-14)20(31-32-20)22(26,27)28/h1-12,29-32H. The minimum atomic E-state index is -4.48. The van der Waals surface area contributed by atoms with E-state index in [2.05, 4.69) is 21.7 Å². The molecule has 10 heteroatoms. The van der Waals surface area contributed by atoms with Crippen LogP contribution in [0.25, 0.3) is 22.3 Å². The fraction of sp³-hybridized carbons (Fsp3) is 0.182. The molecule has 0 saturated carbocycles. The summed E-state index contributed by atoms with van der Waals surface area (Å²) in [6, 6.07) is 19.3. The van der Waals surface area contributed by atoms with E-state index < -0.39 is 23.7 Å². The lowest BCUT2D eigenvalue weighted by Gasteiger charge is -2.17. The van der Waals surface area contributed by atoms with Crippen molar-refractivity contribution in [3.05, 3.63) is 83.9 Å². The fourth-order valence-corrected chi connectivity index (χ4v) is 3.73. The van der Waals surface area contributed by atoms with Crippen LogP contribution in [0.3, 0.4) is 0 Å². The predicted molar refractivity (Wildman–Crippen MR) is 105 cm³/mol. The number of hydrogen-bond donors (Lipinski definition) is 4. The van der Waals surface area contributed by atoms with E-state index >= 15 is 0 Å². The van der Waals surface area contributed by atoms with Crippen LogP contribution in [0.2, 0.25) is 0 Å². The number of hydrazine groups is 2. The molecule has 4 nitrogen and oxygen atoms in total. The van der Waals surface area contributed by atoms with Crippen molar-refractivity contribution in [3.63, 3.8) is 0 Å². The van der Waals surface area contributed by atoms with E-state index in [1.54, 1.807) is 30.3 Å². The molecule has 32 heavy (non-hydrogen) atoms. The summed E-state index contributed by atoms with van der Waals surface area (Å²) < 4.78 is 79.3. The van der Waals surface area contributed by atoms with Crippen LogP contribution in [-0.2, 0) is 11.3 Å². The van der Waals surface area contributed by atoms with Crippen LogP contribution < -0.4 is 21.7 Å². The summed E-state index contributed by atoms with van der Waals surface area (Å²) in [4.78, 5) is 0. The molecule has 0 aromatic heterocycles. The molecule has 0 aliphatic carbocycles. The maximum absolute atomic E-state index is 13.2. The minimum absolute atomic E-state index is 0.0568. The zero-order valence-electron chi connectivity index (χ0n) is 16.2. The summed E-state index contributed by atoms with van der Waals surface area (Å²) in [5.41, 5.74) is 7.33. The Kier molecular flexibility index (Phi) is 4.44. The van der Waals surface area contributed by atoms with Crippen LogP contribution in [-0.4, -0.2) is 12.4 Å². The van der Waals surface area contributed by atoms with Gasteiger partial charge in [-0.1, -0.05) is 66.7 Å². The second-order valence-electron chi connectivity index (χ2n) is 7.73. The van der Waals surface area contributed by atoms with Crippen molar-refractivity contribution in [1.82, 2.24) is 21.7 Å². The first-order valence-corrected chi connectivity index (χ1v) is 9.60. The number of halogens is 6. The van der Waals surface area contributed by atoms with Crippen LogP contribution >= 0.6 is 0 Å². The number of benzene rings is 3. The molecule has 4 N–H and O–H groups in total. The van der Waals surface area contributed by atoms with E-state index in [1.807, 2.05) is 18.2 Å². The SMILES string of the molecule is FC(F)(F)C1(c2ccc(-c3cccc(-c4ccc(C5(C(F)(F)F)NN5)cc4)c3)cc2)NN1. The quantitative estimate of drug-likeness (QED) is 0.344. The molecule has 2 aliphatic rings. The van der Waals surface area contributed by atoms with Gasteiger partial charge in [-0.25, -0.2) is 21.7 Å². The Morgan fingerprint density at radius 1 is 0.469 bits per heavy atom. The Labute approximate surface area is 178 Å². The maximum atomic E-state index is 13.2. The predicted octanol–water partition coefficient (Wildman–Crippen LogP) is 4.67. The van der Waals surface area contributed by atoms with E-state index in [0.29, 0.717) is 11.1 Å². The van der Waals surface area contributed by atoms with Gasteiger partial charge in [-0.15, -0.1) is 0 Å². The molecular formula is C22H16F6N4. The van der Waals surface area contributed by atoms with Gasteiger partial charge in [-0.3, -0.25) is 0 Å². The molecule has 0 radical (unpaired) electrons. The minimum Gasteiger partial charge on any atom is -0.223 e. The summed E-state index contributed by atoms with van der Waals surface area (Å²) in [5.74, 6) is 0. The molecule has 0 spiro atoms. The normalized spacial score (nSPS) is 18.9. The van der Waals surface area contributed by atoms with E-state index in [1.165, 1.54) is 24.3 Å². The number of nitrogens with one attached hydrogen (secondary N) is 4. The van der Waals surface area contributed by atoms with Gasteiger partial charge in [0, 0.05) is 0 Å². The van der Waals surface area contributed by atoms with Crippen molar-refractivity contribution in [2.75, 3.05) is 0 Å². The molecular weight excluding hydrogens is 434 g/mol. The molecule has 166 valence electrons. The summed E-state index contributed by atoms with van der Waals surface area (Å²) in [7, 11) is 0. The van der Waals surface area contributed by atoms with Crippen molar-refractivity contribution in [3.8, 4) is 22.3 Å². The van der Waals surface area contributed by atoms with E-state index in [9.17, 15) is 26.3 Å². The zero-order valence-corrected chi connectivity index (χ0v) is 16.2. The molecule has 2 saturated heterocycles. The number of hydrogen-bond acceptors (Lipinski definition) is 4. The van der Waals surface area contributed by atoms with Gasteiger partial charge < -0.3 is 0 Å². The van der Waals surface area contributed by atoms with Gasteiger partial charge in [0.2, 0.25) is 11.3 Å². The highest BCUT2D eigenvalue weighted by molar-refractivity contribution is 5.73. The lowest BCUT2D eigenvalue weighted by Crippen LogP contribution is -2.34. The molecule has 5 rings (SSSR count). The Hall–Kier alpha value is -2.92. The second-order valence-corrected chi connectivity index (χ2v) is 7.73. The third kappa shape index (κ3) is 3.27. The van der Waals surface area contributed by atoms with Gasteiger partial charge >= 0.3 is 12.4 Å². The third-order valence-corrected chi connectivity index (χ3v) is 5.77. The Morgan fingerprint density at radius 2 is 0.812 bits per heavy atom. The summed E-state index contributed by atoms with van der Waals surface area (Å²) in [5, 5.41) is 0. The molecule has 3 aromatic carbocycles. The lowest BCUT2D eigenvalue weighted by molar-refractivity contribution is -0.166. The molecule has 0 amide bonds. The molecule has 3 aromatic rings. The van der Waals surface area contributed by atoms with E-state index in [4.69, 9.17) is 0 Å². The zero-order chi connectivity index (χ0) is 22.8. The van der Waals surface area contributed by atoms with Crippen LogP contribution in [0.15, 0.2) is 72.8 Å². The van der Waals surface area contributed by atoms with Gasteiger partial charge in [0.05, 0.1) is 0 Å². The van der Waals surface area contributed by atoms with Crippen LogP contribution in [0, 0.1) is 0 Å². The lowest BCUT2D eigenvalue weighted by atomic mass is 9.95. The van der Waals surface area contributed by atoms with Crippen molar-refractivity contribution in [2.45, 2.75) is 23.7 Å². The molecule has 0 atom stereocenters.